The molecule has 0 aliphatic rings. The van der Waals surface area contributed by atoms with Crippen molar-refractivity contribution in [1.29, 1.82) is 0 Å². The van der Waals surface area contributed by atoms with Crippen molar-refractivity contribution in [2.45, 2.75) is 20.3 Å². The Morgan fingerprint density at radius 3 is 2.50 bits per heavy atom. The molecule has 0 aliphatic heterocycles. The van der Waals surface area contributed by atoms with Crippen LogP contribution in [0.25, 0.3) is 0 Å². The molecule has 0 aliphatic carbocycles. The van der Waals surface area contributed by atoms with Gasteiger partial charge in [-0.3, -0.25) is 9.59 Å². The van der Waals surface area contributed by atoms with Crippen LogP contribution in [0.4, 0.5) is 0 Å². The molecule has 0 fully saturated rings. The highest BCUT2D eigenvalue weighted by Gasteiger charge is 2.23. The summed E-state index contributed by atoms with van der Waals surface area (Å²) >= 11 is 0. The fourth-order valence-electron chi connectivity index (χ4n) is 0.973. The maximum Gasteiger partial charge on any atom is 0.305 e. The van der Waals surface area contributed by atoms with Crippen molar-refractivity contribution >= 4 is 11.8 Å². The summed E-state index contributed by atoms with van der Waals surface area (Å²) in [6.07, 6.45) is 0.155. The monoisotopic (exact) mass is 232 g/mol. The van der Waals surface area contributed by atoms with Crippen LogP contribution in [0.15, 0.2) is 5.18 Å². The molecule has 0 spiro atoms. The van der Waals surface area contributed by atoms with Gasteiger partial charge in [0.1, 0.15) is 6.54 Å². The first kappa shape index (κ1) is 14.7. The Morgan fingerprint density at radius 2 is 2.00 bits per heavy atom. The van der Waals surface area contributed by atoms with Crippen LogP contribution in [0, 0.1) is 10.3 Å². The summed E-state index contributed by atoms with van der Waals surface area (Å²) in [4.78, 5) is 40.8. The van der Waals surface area contributed by atoms with Crippen molar-refractivity contribution in [1.82, 2.24) is 5.32 Å². The van der Waals surface area contributed by atoms with Crippen LogP contribution in [0.3, 0.4) is 0 Å². The fraction of sp³-hybridized carbons (Fsp3) is 0.778. The van der Waals surface area contributed by atoms with E-state index in [1.807, 2.05) is 13.8 Å². The van der Waals surface area contributed by atoms with E-state index in [0.717, 1.165) is 0 Å². The largest absolute Gasteiger partial charge is 0.347 e. The van der Waals surface area contributed by atoms with E-state index in [1.54, 1.807) is 0 Å². The number of carbonyl (C=O) groups excluding carboxylic acids is 2. The molecular weight excluding hydrogens is 216 g/mol. The molecule has 0 unspecified atom stereocenters. The molecule has 7 nitrogen and oxygen atoms in total. The lowest BCUT2D eigenvalue weighted by molar-refractivity contribution is -0.287. The predicted molar refractivity (Wildman–Crippen MR) is 55.2 cm³/mol. The third-order valence-electron chi connectivity index (χ3n) is 1.75. The molecule has 0 aromatic rings. The van der Waals surface area contributed by atoms with Crippen molar-refractivity contribution in [2.24, 2.45) is 10.6 Å². The zero-order valence-electron chi connectivity index (χ0n) is 9.61. The van der Waals surface area contributed by atoms with Crippen molar-refractivity contribution in [3.63, 3.8) is 0 Å². The van der Waals surface area contributed by atoms with E-state index >= 15 is 0 Å². The summed E-state index contributed by atoms with van der Waals surface area (Å²) in [6.45, 7) is 3.50. The quantitative estimate of drug-likeness (QED) is 0.389. The van der Waals surface area contributed by atoms with Crippen molar-refractivity contribution in [3.8, 4) is 0 Å². The molecule has 0 saturated heterocycles. The van der Waals surface area contributed by atoms with Gasteiger partial charge in [0.15, 0.2) is 0 Å². The molecule has 0 atom stereocenters. The molecule has 0 aromatic carbocycles. The van der Waals surface area contributed by atoms with Crippen molar-refractivity contribution < 1.29 is 19.4 Å². The summed E-state index contributed by atoms with van der Waals surface area (Å²) in [5.74, 6) is -1.25. The number of nitroso groups, excluding NO2 is 1. The summed E-state index contributed by atoms with van der Waals surface area (Å²) in [7, 11) is 1.38. The Hall–Kier alpha value is -1.34. The summed E-state index contributed by atoms with van der Waals surface area (Å²) in [6, 6.07) is 0. The topological polar surface area (TPSA) is 94.1 Å². The second-order valence-corrected chi connectivity index (χ2v) is 4.03. The van der Waals surface area contributed by atoms with Crippen LogP contribution in [0.2, 0.25) is 0 Å². The fourth-order valence-corrected chi connectivity index (χ4v) is 0.973. The maximum absolute atomic E-state index is 11.3. The second-order valence-electron chi connectivity index (χ2n) is 4.03. The van der Waals surface area contributed by atoms with Gasteiger partial charge in [0.05, 0.1) is 13.7 Å². The second kappa shape index (κ2) is 7.02. The van der Waals surface area contributed by atoms with Gasteiger partial charge in [0.2, 0.25) is 5.91 Å². The van der Waals surface area contributed by atoms with Gasteiger partial charge >= 0.3 is 5.91 Å². The normalized spacial score (nSPS) is 10.9. The average molecular weight is 232 g/mol. The van der Waals surface area contributed by atoms with Crippen LogP contribution in [-0.4, -0.2) is 32.1 Å². The van der Waals surface area contributed by atoms with E-state index in [0.29, 0.717) is 0 Å². The number of carbonyl (C=O) groups is 2. The van der Waals surface area contributed by atoms with E-state index in [-0.39, 0.29) is 25.5 Å². The number of hydrogen-bond donors (Lipinski definition) is 1. The zero-order chi connectivity index (χ0) is 12.6. The van der Waals surface area contributed by atoms with Gasteiger partial charge in [-0.25, -0.2) is 9.78 Å². The molecule has 0 heterocycles. The number of amides is 2. The molecule has 2 amide bonds. The lowest BCUT2D eigenvalue weighted by Gasteiger charge is -2.22. The molecule has 1 N–H and O–H groups in total. The SMILES string of the molecule is COOCC(C)(C)CC(=O)NCC(=O)N=O. The minimum atomic E-state index is -0.903. The first-order chi connectivity index (χ1) is 7.41. The number of nitrogens with one attached hydrogen (secondary N) is 1. The summed E-state index contributed by atoms with van der Waals surface area (Å²) in [5, 5.41) is 4.45. The van der Waals surface area contributed by atoms with Gasteiger partial charge in [-0.15, -0.1) is 4.91 Å². The van der Waals surface area contributed by atoms with Crippen LogP contribution in [-0.2, 0) is 19.4 Å². The summed E-state index contributed by atoms with van der Waals surface area (Å²) < 4.78 is 0. The molecular formula is C9H16N2O5. The molecule has 16 heavy (non-hydrogen) atoms. The van der Waals surface area contributed by atoms with Gasteiger partial charge in [0, 0.05) is 11.6 Å². The maximum atomic E-state index is 11.3. The first-order valence-corrected chi connectivity index (χ1v) is 4.70. The molecule has 7 heteroatoms. The number of rotatable bonds is 7. The van der Waals surface area contributed by atoms with E-state index < -0.39 is 11.3 Å². The van der Waals surface area contributed by atoms with Crippen LogP contribution in [0.1, 0.15) is 20.3 Å². The summed E-state index contributed by atoms with van der Waals surface area (Å²) in [5.41, 5.74) is -0.419. The Bertz CT molecular complexity index is 265. The van der Waals surface area contributed by atoms with Gasteiger partial charge in [-0.05, 0) is 5.41 Å². The third-order valence-corrected chi connectivity index (χ3v) is 1.75. The highest BCUT2D eigenvalue weighted by Crippen LogP contribution is 2.20. The van der Waals surface area contributed by atoms with E-state index in [1.165, 1.54) is 7.11 Å². The van der Waals surface area contributed by atoms with Gasteiger partial charge < -0.3 is 5.32 Å². The Kier molecular flexibility index (Phi) is 6.43. The first-order valence-electron chi connectivity index (χ1n) is 4.70. The number of nitrogens with zero attached hydrogens (tertiary/aromatic N) is 1. The van der Waals surface area contributed by atoms with E-state index in [2.05, 4.69) is 15.4 Å². The molecule has 0 saturated carbocycles. The van der Waals surface area contributed by atoms with Crippen molar-refractivity contribution in [2.75, 3.05) is 20.3 Å². The highest BCUT2D eigenvalue weighted by atomic mass is 17.2. The molecule has 0 bridgehead atoms. The van der Waals surface area contributed by atoms with Gasteiger partial charge in [-0.1, -0.05) is 13.8 Å². The van der Waals surface area contributed by atoms with Gasteiger partial charge in [-0.2, -0.15) is 0 Å². The molecule has 0 rings (SSSR count). The Balaban J connectivity index is 3.93. The number of hydrogen-bond acceptors (Lipinski definition) is 5. The van der Waals surface area contributed by atoms with E-state index in [9.17, 15) is 14.5 Å². The van der Waals surface area contributed by atoms with Crippen LogP contribution >= 0.6 is 0 Å². The van der Waals surface area contributed by atoms with E-state index in [4.69, 9.17) is 4.89 Å². The van der Waals surface area contributed by atoms with Gasteiger partial charge in [0.25, 0.3) is 0 Å². The Morgan fingerprint density at radius 1 is 1.38 bits per heavy atom. The average Bonchev–Trinajstić information content (AvgIpc) is 2.22. The smallest absolute Gasteiger partial charge is 0.305 e. The highest BCUT2D eigenvalue weighted by molar-refractivity contribution is 5.85. The zero-order valence-corrected chi connectivity index (χ0v) is 9.61. The lowest BCUT2D eigenvalue weighted by Crippen LogP contribution is -2.33. The minimum Gasteiger partial charge on any atom is -0.347 e. The van der Waals surface area contributed by atoms with Crippen LogP contribution < -0.4 is 5.32 Å². The van der Waals surface area contributed by atoms with Crippen molar-refractivity contribution in [3.05, 3.63) is 4.91 Å². The standard InChI is InChI=1S/C9H16N2O5/c1-9(2,6-16-15-3)4-7(12)10-5-8(13)11-14/h4-6H2,1-3H3,(H,10,12). The minimum absolute atomic E-state index is 0.155. The van der Waals surface area contributed by atoms with Crippen LogP contribution in [0.5, 0.6) is 0 Å². The molecule has 92 valence electrons. The lowest BCUT2D eigenvalue weighted by atomic mass is 9.90. The molecule has 0 aromatic heterocycles. The predicted octanol–water partition coefficient (Wildman–Crippen LogP) is 0.390. The Labute approximate surface area is 93.4 Å². The third kappa shape index (κ3) is 7.02. The molecule has 0 radical (unpaired) electrons.